The summed E-state index contributed by atoms with van der Waals surface area (Å²) in [4.78, 5) is 9.50. The third-order valence-corrected chi connectivity index (χ3v) is 4.29. The Hall–Kier alpha value is -1.02. The number of anilines is 1. The minimum atomic E-state index is 0. The molecule has 0 amide bonds. The molecule has 25 heavy (non-hydrogen) atoms. The third-order valence-electron chi connectivity index (χ3n) is 4.29. The second kappa shape index (κ2) is 12.4. The maximum Gasteiger partial charge on any atom is 0.193 e. The van der Waals surface area contributed by atoms with Crippen molar-refractivity contribution in [2.24, 2.45) is 4.99 Å². The van der Waals surface area contributed by atoms with Crippen LogP contribution in [-0.4, -0.2) is 57.3 Å². The van der Waals surface area contributed by atoms with Crippen molar-refractivity contribution < 1.29 is 4.74 Å². The lowest BCUT2D eigenvalue weighted by molar-refractivity contribution is 0.122. The van der Waals surface area contributed by atoms with Crippen LogP contribution in [0.5, 0.6) is 0 Å². The highest BCUT2D eigenvalue weighted by molar-refractivity contribution is 14.0. The van der Waals surface area contributed by atoms with Gasteiger partial charge in [-0.3, -0.25) is 0 Å². The number of halogens is 1. The van der Waals surface area contributed by atoms with E-state index in [4.69, 9.17) is 9.73 Å². The van der Waals surface area contributed by atoms with Gasteiger partial charge in [-0.1, -0.05) is 31.5 Å². The van der Waals surface area contributed by atoms with Crippen molar-refractivity contribution in [3.05, 3.63) is 29.8 Å². The number of ether oxygens (including phenoxy) is 1. The van der Waals surface area contributed by atoms with Gasteiger partial charge in [-0.2, -0.15) is 0 Å². The Morgan fingerprint density at radius 3 is 2.64 bits per heavy atom. The smallest absolute Gasteiger partial charge is 0.193 e. The molecule has 5 nitrogen and oxygen atoms in total. The molecule has 1 fully saturated rings. The van der Waals surface area contributed by atoms with Crippen molar-refractivity contribution in [2.75, 3.05) is 51.3 Å². The second-order valence-electron chi connectivity index (χ2n) is 6.17. The van der Waals surface area contributed by atoms with Crippen LogP contribution in [0, 0.1) is 0 Å². The Morgan fingerprint density at radius 1 is 1.24 bits per heavy atom. The first kappa shape index (κ1) is 22.0. The fraction of sp³-hybridized carbons (Fsp3) is 0.632. The molecule has 1 N–H and O–H groups in total. The number of nitrogens with one attached hydrogen (secondary N) is 1. The summed E-state index contributed by atoms with van der Waals surface area (Å²) in [7, 11) is 2.12. The molecule has 2 rings (SSSR count). The Labute approximate surface area is 169 Å². The van der Waals surface area contributed by atoms with Gasteiger partial charge in [-0.05, 0) is 25.0 Å². The van der Waals surface area contributed by atoms with Gasteiger partial charge >= 0.3 is 0 Å². The highest BCUT2D eigenvalue weighted by Gasteiger charge is 2.14. The van der Waals surface area contributed by atoms with Crippen LogP contribution in [0.25, 0.3) is 0 Å². The summed E-state index contributed by atoms with van der Waals surface area (Å²) in [6.45, 7) is 10.5. The van der Waals surface area contributed by atoms with Crippen molar-refractivity contribution >= 4 is 35.6 Å². The van der Waals surface area contributed by atoms with E-state index in [1.54, 1.807) is 0 Å². The molecule has 142 valence electrons. The minimum absolute atomic E-state index is 0. The fourth-order valence-corrected chi connectivity index (χ4v) is 2.89. The average Bonchev–Trinajstić information content (AvgIpc) is 2.64. The maximum atomic E-state index is 5.47. The van der Waals surface area contributed by atoms with Crippen molar-refractivity contribution in [1.82, 2.24) is 10.2 Å². The predicted octanol–water partition coefficient (Wildman–Crippen LogP) is 3.34. The van der Waals surface area contributed by atoms with Crippen LogP contribution in [0.15, 0.2) is 29.3 Å². The molecule has 6 heteroatoms. The normalized spacial score (nSPS) is 14.8. The van der Waals surface area contributed by atoms with Crippen molar-refractivity contribution in [2.45, 2.75) is 33.2 Å². The minimum Gasteiger partial charge on any atom is -0.378 e. The molecule has 1 aliphatic rings. The summed E-state index contributed by atoms with van der Waals surface area (Å²) >= 11 is 0. The van der Waals surface area contributed by atoms with Gasteiger partial charge in [0.2, 0.25) is 0 Å². The zero-order chi connectivity index (χ0) is 17.2. The lowest BCUT2D eigenvalue weighted by Gasteiger charge is -2.30. The SMILES string of the molecule is CCCCN(C)C(=NCc1ccccc1N1CCOCC1)NCC.I. The zero-order valence-corrected chi connectivity index (χ0v) is 18.2. The van der Waals surface area contributed by atoms with Crippen LogP contribution >= 0.6 is 24.0 Å². The Kier molecular flexibility index (Phi) is 10.9. The van der Waals surface area contributed by atoms with E-state index in [0.717, 1.165) is 45.4 Å². The second-order valence-corrected chi connectivity index (χ2v) is 6.17. The van der Waals surface area contributed by atoms with Crippen LogP contribution < -0.4 is 10.2 Å². The summed E-state index contributed by atoms with van der Waals surface area (Å²) in [5.41, 5.74) is 2.57. The monoisotopic (exact) mass is 460 g/mol. The number of morpholine rings is 1. The summed E-state index contributed by atoms with van der Waals surface area (Å²) in [5.74, 6) is 0.989. The number of para-hydroxylation sites is 1. The Bertz CT molecular complexity index is 518. The van der Waals surface area contributed by atoms with Gasteiger partial charge in [0.15, 0.2) is 5.96 Å². The van der Waals surface area contributed by atoms with E-state index in [9.17, 15) is 0 Å². The largest absolute Gasteiger partial charge is 0.378 e. The topological polar surface area (TPSA) is 40.1 Å². The molecule has 0 unspecified atom stereocenters. The van der Waals surface area contributed by atoms with Gasteiger partial charge < -0.3 is 19.9 Å². The van der Waals surface area contributed by atoms with Crippen LogP contribution in [0.4, 0.5) is 5.69 Å². The Balaban J connectivity index is 0.00000312. The molecular formula is C19H33IN4O. The number of hydrogen-bond donors (Lipinski definition) is 1. The molecule has 0 bridgehead atoms. The van der Waals surface area contributed by atoms with Crippen molar-refractivity contribution in [3.8, 4) is 0 Å². The molecule has 0 atom stereocenters. The lowest BCUT2D eigenvalue weighted by Crippen LogP contribution is -2.39. The standard InChI is InChI=1S/C19H32N4O.HI/c1-4-6-11-22(3)19(20-5-2)21-16-17-9-7-8-10-18(17)23-12-14-24-15-13-23;/h7-10H,4-6,11-16H2,1-3H3,(H,20,21);1H. The first-order valence-electron chi connectivity index (χ1n) is 9.16. The van der Waals surface area contributed by atoms with Gasteiger partial charge in [0, 0.05) is 38.9 Å². The van der Waals surface area contributed by atoms with E-state index in [-0.39, 0.29) is 24.0 Å². The van der Waals surface area contributed by atoms with Crippen LogP contribution in [0.2, 0.25) is 0 Å². The molecule has 0 radical (unpaired) electrons. The third kappa shape index (κ3) is 7.01. The summed E-state index contributed by atoms with van der Waals surface area (Å²) in [6, 6.07) is 8.59. The number of hydrogen-bond acceptors (Lipinski definition) is 3. The molecule has 1 heterocycles. The summed E-state index contributed by atoms with van der Waals surface area (Å²) < 4.78 is 5.47. The molecule has 1 aromatic rings. The number of aliphatic imine (C=N–C) groups is 1. The van der Waals surface area contributed by atoms with Crippen LogP contribution in [0.3, 0.4) is 0 Å². The lowest BCUT2D eigenvalue weighted by atomic mass is 10.1. The van der Waals surface area contributed by atoms with E-state index in [1.165, 1.54) is 24.1 Å². The molecule has 0 saturated carbocycles. The van der Waals surface area contributed by atoms with E-state index < -0.39 is 0 Å². The fourth-order valence-electron chi connectivity index (χ4n) is 2.89. The van der Waals surface area contributed by atoms with Crippen LogP contribution in [-0.2, 0) is 11.3 Å². The Morgan fingerprint density at radius 2 is 1.96 bits per heavy atom. The van der Waals surface area contributed by atoms with Crippen molar-refractivity contribution in [3.63, 3.8) is 0 Å². The predicted molar refractivity (Wildman–Crippen MR) is 117 cm³/mol. The van der Waals surface area contributed by atoms with Gasteiger partial charge in [0.25, 0.3) is 0 Å². The first-order chi connectivity index (χ1) is 11.8. The number of nitrogens with zero attached hydrogens (tertiary/aromatic N) is 3. The van der Waals surface area contributed by atoms with Crippen molar-refractivity contribution in [1.29, 1.82) is 0 Å². The zero-order valence-electron chi connectivity index (χ0n) is 15.8. The van der Waals surface area contributed by atoms with E-state index in [1.807, 2.05) is 0 Å². The molecule has 0 spiro atoms. The highest BCUT2D eigenvalue weighted by atomic mass is 127. The van der Waals surface area contributed by atoms with E-state index in [0.29, 0.717) is 6.54 Å². The van der Waals surface area contributed by atoms with Crippen LogP contribution in [0.1, 0.15) is 32.3 Å². The number of unbranched alkanes of at least 4 members (excludes halogenated alkanes) is 1. The first-order valence-corrected chi connectivity index (χ1v) is 9.16. The summed E-state index contributed by atoms with van der Waals surface area (Å²) in [5, 5.41) is 3.40. The molecule has 1 aliphatic heterocycles. The maximum absolute atomic E-state index is 5.47. The number of benzene rings is 1. The number of rotatable bonds is 7. The molecule has 1 aromatic carbocycles. The number of guanidine groups is 1. The molecule has 0 aromatic heterocycles. The van der Waals surface area contributed by atoms with Gasteiger partial charge in [0.05, 0.1) is 19.8 Å². The average molecular weight is 460 g/mol. The van der Waals surface area contributed by atoms with Gasteiger partial charge in [0.1, 0.15) is 0 Å². The summed E-state index contributed by atoms with van der Waals surface area (Å²) in [6.07, 6.45) is 2.38. The van der Waals surface area contributed by atoms with Gasteiger partial charge in [-0.15, -0.1) is 24.0 Å². The highest BCUT2D eigenvalue weighted by Crippen LogP contribution is 2.22. The molecule has 0 aliphatic carbocycles. The molecule has 1 saturated heterocycles. The van der Waals surface area contributed by atoms with E-state index in [2.05, 4.69) is 60.3 Å². The molecular weight excluding hydrogens is 427 g/mol. The van der Waals surface area contributed by atoms with E-state index >= 15 is 0 Å². The van der Waals surface area contributed by atoms with Gasteiger partial charge in [-0.25, -0.2) is 4.99 Å². The quantitative estimate of drug-likeness (QED) is 0.385.